The van der Waals surface area contributed by atoms with Crippen molar-refractivity contribution in [3.05, 3.63) is 0 Å². The normalized spacial score (nSPS) is 21.3. The van der Waals surface area contributed by atoms with Crippen molar-refractivity contribution in [2.24, 2.45) is 0 Å². The van der Waals surface area contributed by atoms with E-state index in [1.165, 1.54) is 0 Å². The molecular formula is C3H6OPRh+. The van der Waals surface area contributed by atoms with E-state index in [-0.39, 0.29) is 19.5 Å². The molecule has 3 heteroatoms. The molecule has 1 heterocycles. The van der Waals surface area contributed by atoms with Crippen LogP contribution in [-0.4, -0.2) is 18.8 Å². The second kappa shape index (κ2) is 3.90. The van der Waals surface area contributed by atoms with Crippen molar-refractivity contribution in [2.75, 3.05) is 12.5 Å². The van der Waals surface area contributed by atoms with Gasteiger partial charge in [-0.2, -0.15) is 0 Å². The van der Waals surface area contributed by atoms with Gasteiger partial charge in [-0.25, -0.2) is 0 Å². The van der Waals surface area contributed by atoms with Gasteiger partial charge in [0, 0.05) is 31.9 Å². The molecule has 0 spiro atoms. The van der Waals surface area contributed by atoms with E-state index >= 15 is 0 Å². The first kappa shape index (κ1) is 6.72. The maximum absolute atomic E-state index is 4.73. The van der Waals surface area contributed by atoms with E-state index in [2.05, 4.69) is 6.29 Å². The van der Waals surface area contributed by atoms with Gasteiger partial charge >= 0.3 is 6.35 Å². The van der Waals surface area contributed by atoms with Crippen LogP contribution in [0, 0.1) is 0 Å². The van der Waals surface area contributed by atoms with Crippen molar-refractivity contribution in [2.45, 2.75) is 0 Å². The Bertz CT molecular complexity index is 48.8. The number of hydrogen-bond acceptors (Lipinski definition) is 0. The van der Waals surface area contributed by atoms with Gasteiger partial charge in [-0.15, -0.1) is 0 Å². The molecule has 0 aromatic carbocycles. The Morgan fingerprint density at radius 1 is 1.67 bits per heavy atom. The molecule has 1 aliphatic heterocycles. The van der Waals surface area contributed by atoms with Crippen LogP contribution in [0.4, 0.5) is 0 Å². The minimum atomic E-state index is 0. The van der Waals surface area contributed by atoms with Gasteiger partial charge in [0.15, 0.2) is 0 Å². The predicted molar refractivity (Wildman–Crippen MR) is 25.1 cm³/mol. The van der Waals surface area contributed by atoms with Crippen molar-refractivity contribution in [3.63, 3.8) is 0 Å². The van der Waals surface area contributed by atoms with E-state index in [0.717, 1.165) is 12.5 Å². The minimum absolute atomic E-state index is 0. The number of hydrogen-bond donors (Lipinski definition) is 0. The van der Waals surface area contributed by atoms with Crippen molar-refractivity contribution >= 4 is 14.9 Å². The van der Waals surface area contributed by atoms with Gasteiger partial charge in [0.2, 0.25) is 0 Å². The largest absolute Gasteiger partial charge is 0.423 e. The molecule has 1 rings (SSSR count). The van der Waals surface area contributed by atoms with E-state index < -0.39 is 0 Å². The van der Waals surface area contributed by atoms with Gasteiger partial charge in [0.05, 0.1) is 8.58 Å². The van der Waals surface area contributed by atoms with E-state index in [1.807, 2.05) is 0 Å². The van der Waals surface area contributed by atoms with Gasteiger partial charge in [0.25, 0.3) is 0 Å². The van der Waals surface area contributed by atoms with Gasteiger partial charge < -0.3 is 4.42 Å². The second-order valence-corrected chi connectivity index (χ2v) is 2.27. The number of rotatable bonds is 0. The molecule has 37 valence electrons. The van der Waals surface area contributed by atoms with Gasteiger partial charge in [-0.3, -0.25) is 0 Å². The van der Waals surface area contributed by atoms with E-state index in [1.54, 1.807) is 0 Å². The van der Waals surface area contributed by atoms with Crippen molar-refractivity contribution in [3.8, 4) is 0 Å². The zero-order valence-corrected chi connectivity index (χ0v) is 6.03. The van der Waals surface area contributed by atoms with Crippen molar-refractivity contribution in [1.82, 2.24) is 0 Å². The molecule has 1 aliphatic rings. The smallest absolute Gasteiger partial charge is 0.308 e. The third-order valence-electron chi connectivity index (χ3n) is 0.531. The monoisotopic (exact) mass is 192 g/mol. The molecule has 0 fully saturated rings. The standard InChI is InChI=1S/C3H5OP.Rh/c1-2-5-3-4-1;/h5H,2-3H2;/p+1. The molecular weight excluding hydrogens is 186 g/mol. The zero-order valence-electron chi connectivity index (χ0n) is 3.23. The van der Waals surface area contributed by atoms with Crippen molar-refractivity contribution in [1.29, 1.82) is 0 Å². The van der Waals surface area contributed by atoms with E-state index in [0.29, 0.717) is 8.58 Å². The summed E-state index contributed by atoms with van der Waals surface area (Å²) < 4.78 is 4.73. The molecule has 0 aromatic heterocycles. The second-order valence-electron chi connectivity index (χ2n) is 0.948. The molecule has 0 saturated carbocycles. The Hall–Kier alpha value is 0.723. The summed E-state index contributed by atoms with van der Waals surface area (Å²) in [6, 6.07) is 0. The van der Waals surface area contributed by atoms with Crippen LogP contribution in [0.2, 0.25) is 0 Å². The van der Waals surface area contributed by atoms with Crippen LogP contribution in [0.3, 0.4) is 0 Å². The quantitative estimate of drug-likeness (QED) is 0.222. The molecule has 1 radical (unpaired) electrons. The molecule has 0 N–H and O–H groups in total. The summed E-state index contributed by atoms with van der Waals surface area (Å²) in [7, 11) is 0.593. The molecule has 1 nitrogen and oxygen atoms in total. The third kappa shape index (κ3) is 2.00. The number of carbonyl (C=O) groups excluding carboxylic acids is 1. The summed E-state index contributed by atoms with van der Waals surface area (Å²) in [5.41, 5.74) is 0. The maximum Gasteiger partial charge on any atom is 0.308 e. The molecule has 0 aromatic rings. The van der Waals surface area contributed by atoms with E-state index in [9.17, 15) is 0 Å². The molecule has 0 bridgehead atoms. The average Bonchev–Trinajstić information content (AvgIpc) is 1.76. The summed E-state index contributed by atoms with van der Waals surface area (Å²) >= 11 is 0. The zero-order chi connectivity index (χ0) is 3.54. The maximum atomic E-state index is 4.73. The average molecular weight is 192 g/mol. The molecule has 1 unspecified atom stereocenters. The molecule has 1 atom stereocenters. The molecule has 0 saturated heterocycles. The van der Waals surface area contributed by atoms with Crippen LogP contribution >= 0.6 is 8.58 Å². The first-order valence-corrected chi connectivity index (χ1v) is 3.30. The third-order valence-corrected chi connectivity index (χ3v) is 1.39. The predicted octanol–water partition coefficient (Wildman–Crippen LogP) is 0.0112. The topological polar surface area (TPSA) is 11.3 Å². The molecule has 0 amide bonds. The minimum Gasteiger partial charge on any atom is -0.423 e. The summed E-state index contributed by atoms with van der Waals surface area (Å²) in [6.07, 6.45) is 4.84. The summed E-state index contributed by atoms with van der Waals surface area (Å²) in [6.45, 7) is 0. The molecule has 6 heavy (non-hydrogen) atoms. The van der Waals surface area contributed by atoms with E-state index in [4.69, 9.17) is 4.42 Å². The fourth-order valence-corrected chi connectivity index (χ4v) is 0.884. The summed E-state index contributed by atoms with van der Waals surface area (Å²) in [4.78, 5) is 0. The van der Waals surface area contributed by atoms with Gasteiger partial charge in [0.1, 0.15) is 0 Å². The van der Waals surface area contributed by atoms with Crippen LogP contribution in [-0.2, 0) is 23.9 Å². The van der Waals surface area contributed by atoms with Gasteiger partial charge in [-0.1, -0.05) is 0 Å². The van der Waals surface area contributed by atoms with Crippen LogP contribution in [0.15, 0.2) is 0 Å². The Balaban J connectivity index is 0.000000250. The van der Waals surface area contributed by atoms with Crippen molar-refractivity contribution < 1.29 is 23.9 Å². The van der Waals surface area contributed by atoms with Crippen LogP contribution in [0.25, 0.3) is 0 Å². The fraction of sp³-hybridized carbons (Fsp3) is 0.667. The van der Waals surface area contributed by atoms with Gasteiger partial charge in [-0.05, 0) is 0 Å². The first-order valence-electron chi connectivity index (χ1n) is 1.66. The summed E-state index contributed by atoms with van der Waals surface area (Å²) in [5, 5.41) is 0. The SMILES string of the molecule is [C-]1=[O+]C[PH2+]C1.[Rh]. The Morgan fingerprint density at radius 2 is 2.50 bits per heavy atom. The Kier molecular flexibility index (Phi) is 4.37. The Labute approximate surface area is 51.7 Å². The molecule has 0 aliphatic carbocycles. The summed E-state index contributed by atoms with van der Waals surface area (Å²) in [5.74, 6) is 0. The Morgan fingerprint density at radius 3 is 2.67 bits per heavy atom. The first-order chi connectivity index (χ1) is 2.50. The van der Waals surface area contributed by atoms with Crippen LogP contribution < -0.4 is 0 Å². The fourth-order valence-electron chi connectivity index (χ4n) is 0.295. The van der Waals surface area contributed by atoms with Crippen LogP contribution in [0.5, 0.6) is 0 Å². The van der Waals surface area contributed by atoms with Crippen LogP contribution in [0.1, 0.15) is 0 Å².